The molecule has 7 nitrogen and oxygen atoms in total. The summed E-state index contributed by atoms with van der Waals surface area (Å²) in [7, 11) is 3.85. The molecule has 1 unspecified atom stereocenters. The van der Waals surface area contributed by atoms with Crippen LogP contribution < -0.4 is 10.9 Å². The van der Waals surface area contributed by atoms with Crippen LogP contribution in [0.15, 0.2) is 51.9 Å². The zero-order valence-electron chi connectivity index (χ0n) is 16.0. The van der Waals surface area contributed by atoms with E-state index in [1.807, 2.05) is 45.0 Å². The molecule has 1 atom stereocenters. The lowest BCUT2D eigenvalue weighted by molar-refractivity contribution is 0.0933. The number of likely N-dealkylation sites (N-methyl/N-ethyl adjacent to an activating group) is 1. The van der Waals surface area contributed by atoms with Crippen molar-refractivity contribution in [3.63, 3.8) is 0 Å². The van der Waals surface area contributed by atoms with Crippen molar-refractivity contribution >= 4 is 16.7 Å². The Kier molecular flexibility index (Phi) is 5.41. The Hall–Kier alpha value is -2.93. The summed E-state index contributed by atoms with van der Waals surface area (Å²) in [6.07, 6.45) is 1.61. The third kappa shape index (κ3) is 3.78. The first-order valence-electron chi connectivity index (χ1n) is 8.89. The first kappa shape index (κ1) is 18.8. The average molecular weight is 368 g/mol. The minimum Gasteiger partial charge on any atom is -0.468 e. The zero-order valence-corrected chi connectivity index (χ0v) is 16.0. The topological polar surface area (TPSA) is 80.4 Å². The van der Waals surface area contributed by atoms with E-state index in [9.17, 15) is 9.59 Å². The van der Waals surface area contributed by atoms with Crippen molar-refractivity contribution < 1.29 is 9.21 Å². The maximum Gasteiger partial charge on any atom is 0.274 e. The molecule has 0 bridgehead atoms. The molecule has 0 aliphatic rings. The second-order valence-corrected chi connectivity index (χ2v) is 6.94. The number of hydrogen-bond donors (Lipinski definition) is 1. The number of aromatic nitrogens is 2. The number of furan rings is 1. The van der Waals surface area contributed by atoms with Crippen LogP contribution in [-0.4, -0.2) is 41.2 Å². The van der Waals surface area contributed by atoms with Gasteiger partial charge in [0.05, 0.1) is 23.7 Å². The van der Waals surface area contributed by atoms with Crippen molar-refractivity contribution in [2.24, 2.45) is 0 Å². The van der Waals surface area contributed by atoms with E-state index in [0.717, 1.165) is 5.76 Å². The summed E-state index contributed by atoms with van der Waals surface area (Å²) in [5, 5.41) is 8.31. The van der Waals surface area contributed by atoms with Crippen LogP contribution >= 0.6 is 0 Å². The second kappa shape index (κ2) is 7.75. The number of nitrogens with zero attached hydrogens (tertiary/aromatic N) is 3. The zero-order chi connectivity index (χ0) is 19.6. The summed E-state index contributed by atoms with van der Waals surface area (Å²) in [5.41, 5.74) is 0.0507. The Morgan fingerprint density at radius 1 is 1.19 bits per heavy atom. The summed E-state index contributed by atoms with van der Waals surface area (Å²) in [6.45, 7) is 4.09. The number of hydrogen-bond acceptors (Lipinski definition) is 5. The number of nitrogens with one attached hydrogen (secondary N) is 1. The van der Waals surface area contributed by atoms with Gasteiger partial charge in [0.25, 0.3) is 11.5 Å². The molecule has 3 rings (SSSR count). The molecule has 0 saturated carbocycles. The maximum absolute atomic E-state index is 12.9. The molecule has 0 spiro atoms. The molecule has 0 aliphatic heterocycles. The highest BCUT2D eigenvalue weighted by Crippen LogP contribution is 2.19. The van der Waals surface area contributed by atoms with Crippen LogP contribution in [-0.2, 0) is 0 Å². The van der Waals surface area contributed by atoms with Gasteiger partial charge in [-0.05, 0) is 46.1 Å². The molecule has 142 valence electrons. The lowest BCUT2D eigenvalue weighted by Gasteiger charge is -2.22. The minimum absolute atomic E-state index is 0.105. The van der Waals surface area contributed by atoms with Crippen molar-refractivity contribution in [1.82, 2.24) is 20.0 Å². The maximum atomic E-state index is 12.9. The monoisotopic (exact) mass is 368 g/mol. The van der Waals surface area contributed by atoms with Crippen molar-refractivity contribution in [3.8, 4) is 0 Å². The fourth-order valence-electron chi connectivity index (χ4n) is 3.02. The quantitative estimate of drug-likeness (QED) is 0.723. The first-order chi connectivity index (χ1) is 12.9. The van der Waals surface area contributed by atoms with Gasteiger partial charge in [0.15, 0.2) is 5.69 Å². The third-order valence-electron chi connectivity index (χ3n) is 4.48. The van der Waals surface area contributed by atoms with E-state index in [-0.39, 0.29) is 29.2 Å². The van der Waals surface area contributed by atoms with Gasteiger partial charge in [0, 0.05) is 11.9 Å². The summed E-state index contributed by atoms with van der Waals surface area (Å²) >= 11 is 0. The Bertz CT molecular complexity index is 990. The van der Waals surface area contributed by atoms with E-state index in [0.29, 0.717) is 17.3 Å². The standard InChI is InChI=1S/C20H24N4O3/c1-13(2)24-20(26)15-9-6-5-8-14(15)18(22-24)19(25)21-12-16(23(3)4)17-10-7-11-27-17/h5-11,13,16H,12H2,1-4H3,(H,21,25). The Balaban J connectivity index is 1.94. The molecule has 1 N–H and O–H groups in total. The van der Waals surface area contributed by atoms with Crippen LogP contribution in [0.25, 0.3) is 10.8 Å². The molecule has 2 aromatic heterocycles. The fraction of sp³-hybridized carbons (Fsp3) is 0.350. The lowest BCUT2D eigenvalue weighted by Crippen LogP contribution is -2.36. The molecule has 0 radical (unpaired) electrons. The van der Waals surface area contributed by atoms with E-state index < -0.39 is 0 Å². The van der Waals surface area contributed by atoms with Crippen LogP contribution in [0.2, 0.25) is 0 Å². The van der Waals surface area contributed by atoms with Crippen molar-refractivity contribution in [2.75, 3.05) is 20.6 Å². The van der Waals surface area contributed by atoms with E-state index in [1.54, 1.807) is 30.5 Å². The van der Waals surface area contributed by atoms with Gasteiger partial charge in [0.2, 0.25) is 0 Å². The number of amides is 1. The van der Waals surface area contributed by atoms with Crippen LogP contribution in [0.5, 0.6) is 0 Å². The predicted molar refractivity (Wildman–Crippen MR) is 104 cm³/mol. The van der Waals surface area contributed by atoms with E-state index in [4.69, 9.17) is 4.42 Å². The summed E-state index contributed by atoms with van der Waals surface area (Å²) < 4.78 is 6.83. The molecule has 0 saturated heterocycles. The predicted octanol–water partition coefficient (Wildman–Crippen LogP) is 2.60. The first-order valence-corrected chi connectivity index (χ1v) is 8.89. The second-order valence-electron chi connectivity index (χ2n) is 6.94. The Morgan fingerprint density at radius 3 is 2.48 bits per heavy atom. The molecule has 2 heterocycles. The van der Waals surface area contributed by atoms with Crippen molar-refractivity contribution in [2.45, 2.75) is 25.9 Å². The molecule has 27 heavy (non-hydrogen) atoms. The number of fused-ring (bicyclic) bond motifs is 1. The highest BCUT2D eigenvalue weighted by molar-refractivity contribution is 6.04. The molecular formula is C20H24N4O3. The number of rotatable bonds is 6. The molecule has 7 heteroatoms. The molecule has 0 aliphatic carbocycles. The van der Waals surface area contributed by atoms with Gasteiger partial charge in [-0.25, -0.2) is 4.68 Å². The van der Waals surface area contributed by atoms with Gasteiger partial charge in [-0.1, -0.05) is 18.2 Å². The molecule has 3 aromatic rings. The van der Waals surface area contributed by atoms with Crippen molar-refractivity contribution in [1.29, 1.82) is 0 Å². The summed E-state index contributed by atoms with van der Waals surface area (Å²) in [4.78, 5) is 27.5. The molecular weight excluding hydrogens is 344 g/mol. The smallest absolute Gasteiger partial charge is 0.274 e. The minimum atomic E-state index is -0.320. The van der Waals surface area contributed by atoms with Gasteiger partial charge in [-0.2, -0.15) is 5.10 Å². The van der Waals surface area contributed by atoms with E-state index >= 15 is 0 Å². The van der Waals surface area contributed by atoms with Gasteiger partial charge in [-0.15, -0.1) is 0 Å². The molecule has 0 fully saturated rings. The molecule has 1 amide bonds. The van der Waals surface area contributed by atoms with Gasteiger partial charge in [-0.3, -0.25) is 14.5 Å². The Labute approximate surface area is 157 Å². The van der Waals surface area contributed by atoms with Crippen LogP contribution in [0, 0.1) is 0 Å². The third-order valence-corrected chi connectivity index (χ3v) is 4.48. The van der Waals surface area contributed by atoms with Gasteiger partial charge in [0.1, 0.15) is 5.76 Å². The molecule has 1 aromatic carbocycles. The van der Waals surface area contributed by atoms with Gasteiger partial charge >= 0.3 is 0 Å². The average Bonchev–Trinajstić information content (AvgIpc) is 3.16. The fourth-order valence-corrected chi connectivity index (χ4v) is 3.02. The number of carbonyl (C=O) groups is 1. The van der Waals surface area contributed by atoms with E-state index in [2.05, 4.69) is 10.4 Å². The Morgan fingerprint density at radius 2 is 1.89 bits per heavy atom. The van der Waals surface area contributed by atoms with E-state index in [1.165, 1.54) is 4.68 Å². The van der Waals surface area contributed by atoms with Crippen LogP contribution in [0.4, 0.5) is 0 Å². The largest absolute Gasteiger partial charge is 0.468 e. The van der Waals surface area contributed by atoms with Gasteiger partial charge < -0.3 is 9.73 Å². The highest BCUT2D eigenvalue weighted by Gasteiger charge is 2.21. The highest BCUT2D eigenvalue weighted by atomic mass is 16.3. The van der Waals surface area contributed by atoms with Crippen LogP contribution in [0.1, 0.15) is 42.2 Å². The van der Waals surface area contributed by atoms with Crippen LogP contribution in [0.3, 0.4) is 0 Å². The number of carbonyl (C=O) groups excluding carboxylic acids is 1. The lowest BCUT2D eigenvalue weighted by atomic mass is 10.1. The SMILES string of the molecule is CC(C)n1nc(C(=O)NCC(c2ccco2)N(C)C)c2ccccc2c1=O. The van der Waals surface area contributed by atoms with Crippen molar-refractivity contribution in [3.05, 3.63) is 64.5 Å². The summed E-state index contributed by atoms with van der Waals surface area (Å²) in [6, 6.07) is 10.5. The summed E-state index contributed by atoms with van der Waals surface area (Å²) in [5.74, 6) is 0.448. The normalized spacial score (nSPS) is 12.7. The number of benzene rings is 1.